The average molecular weight is 265 g/mol. The summed E-state index contributed by atoms with van der Waals surface area (Å²) in [7, 11) is 1.62. The molecule has 0 aliphatic carbocycles. The van der Waals surface area contributed by atoms with Gasteiger partial charge in [-0.1, -0.05) is 6.07 Å². The maximum absolute atomic E-state index is 12.9. The molecular formula is C12H15F4NO. The van der Waals surface area contributed by atoms with Crippen molar-refractivity contribution in [2.75, 3.05) is 20.3 Å². The topological polar surface area (TPSA) is 21.3 Å². The van der Waals surface area contributed by atoms with Crippen molar-refractivity contribution in [1.82, 2.24) is 5.32 Å². The summed E-state index contributed by atoms with van der Waals surface area (Å²) in [6, 6.07) is 3.76. The average Bonchev–Trinajstić information content (AvgIpc) is 2.24. The Labute approximate surface area is 103 Å². The molecule has 0 spiro atoms. The highest BCUT2D eigenvalue weighted by atomic mass is 19.4. The second-order valence-electron chi connectivity index (χ2n) is 3.97. The molecule has 0 amide bonds. The monoisotopic (exact) mass is 265 g/mol. The fourth-order valence-electron chi connectivity index (χ4n) is 1.65. The zero-order valence-electron chi connectivity index (χ0n) is 10.1. The minimum absolute atomic E-state index is 0.123. The number of aryl methyl sites for hydroxylation is 1. The maximum Gasteiger partial charge on any atom is 0.411 e. The first-order chi connectivity index (χ1) is 8.33. The quantitative estimate of drug-likeness (QED) is 0.826. The number of hydrogen-bond donors (Lipinski definition) is 1. The van der Waals surface area contributed by atoms with E-state index in [-0.39, 0.29) is 12.4 Å². The van der Waals surface area contributed by atoms with Gasteiger partial charge in [-0.15, -0.1) is 0 Å². The molecule has 0 saturated carbocycles. The molecule has 0 aromatic heterocycles. The SMILES string of the molecule is CNC(COCC(F)(F)F)c1ccc(F)cc1C. The predicted octanol–water partition coefficient (Wildman–Crippen LogP) is 2.97. The summed E-state index contributed by atoms with van der Waals surface area (Å²) in [4.78, 5) is 0. The lowest BCUT2D eigenvalue weighted by Gasteiger charge is -2.19. The molecule has 0 fully saturated rings. The van der Waals surface area contributed by atoms with E-state index in [1.165, 1.54) is 12.1 Å². The van der Waals surface area contributed by atoms with Gasteiger partial charge in [-0.25, -0.2) is 4.39 Å². The number of nitrogens with one attached hydrogen (secondary N) is 1. The molecule has 1 atom stereocenters. The molecule has 102 valence electrons. The molecule has 1 aromatic rings. The normalized spacial score (nSPS) is 13.7. The molecule has 1 rings (SSSR count). The molecule has 0 aliphatic heterocycles. The number of rotatable bonds is 5. The van der Waals surface area contributed by atoms with Gasteiger partial charge in [0.05, 0.1) is 12.6 Å². The summed E-state index contributed by atoms with van der Waals surface area (Å²) in [5.41, 5.74) is 1.39. The van der Waals surface area contributed by atoms with Crippen LogP contribution in [0.5, 0.6) is 0 Å². The van der Waals surface area contributed by atoms with Gasteiger partial charge in [0.25, 0.3) is 0 Å². The highest BCUT2D eigenvalue weighted by Gasteiger charge is 2.28. The van der Waals surface area contributed by atoms with Gasteiger partial charge >= 0.3 is 6.18 Å². The van der Waals surface area contributed by atoms with Crippen LogP contribution in [-0.4, -0.2) is 26.4 Å². The minimum Gasteiger partial charge on any atom is -0.370 e. The Balaban J connectivity index is 2.66. The standard InChI is InChI=1S/C12H15F4NO/c1-8-5-9(13)3-4-10(8)11(17-2)6-18-7-12(14,15)16/h3-5,11,17H,6-7H2,1-2H3. The van der Waals surface area contributed by atoms with Gasteiger partial charge in [0.1, 0.15) is 12.4 Å². The molecule has 0 saturated heterocycles. The van der Waals surface area contributed by atoms with Gasteiger partial charge in [0.15, 0.2) is 0 Å². The van der Waals surface area contributed by atoms with Crippen LogP contribution in [0.25, 0.3) is 0 Å². The summed E-state index contributed by atoms with van der Waals surface area (Å²) in [6.07, 6.45) is -4.34. The molecule has 1 unspecified atom stereocenters. The van der Waals surface area contributed by atoms with Crippen LogP contribution in [0.4, 0.5) is 17.6 Å². The van der Waals surface area contributed by atoms with Crippen LogP contribution < -0.4 is 5.32 Å². The predicted molar refractivity (Wildman–Crippen MR) is 59.8 cm³/mol. The van der Waals surface area contributed by atoms with Crippen molar-refractivity contribution in [3.63, 3.8) is 0 Å². The Morgan fingerprint density at radius 3 is 2.50 bits per heavy atom. The number of benzene rings is 1. The largest absolute Gasteiger partial charge is 0.411 e. The lowest BCUT2D eigenvalue weighted by atomic mass is 10.0. The second kappa shape index (κ2) is 6.15. The molecule has 6 heteroatoms. The summed E-state index contributed by atoms with van der Waals surface area (Å²) >= 11 is 0. The van der Waals surface area contributed by atoms with Crippen molar-refractivity contribution in [2.45, 2.75) is 19.1 Å². The van der Waals surface area contributed by atoms with Crippen molar-refractivity contribution in [2.24, 2.45) is 0 Å². The van der Waals surface area contributed by atoms with E-state index in [1.54, 1.807) is 20.0 Å². The van der Waals surface area contributed by atoms with Crippen molar-refractivity contribution < 1.29 is 22.3 Å². The Morgan fingerprint density at radius 2 is 2.00 bits per heavy atom. The first kappa shape index (κ1) is 14.9. The maximum atomic E-state index is 12.9. The number of ether oxygens (including phenoxy) is 1. The zero-order chi connectivity index (χ0) is 13.8. The van der Waals surface area contributed by atoms with E-state index in [9.17, 15) is 17.6 Å². The highest BCUT2D eigenvalue weighted by molar-refractivity contribution is 5.29. The molecular weight excluding hydrogens is 250 g/mol. The molecule has 0 bridgehead atoms. The van der Waals surface area contributed by atoms with Gasteiger partial charge < -0.3 is 10.1 Å². The van der Waals surface area contributed by atoms with Crippen LogP contribution in [0.2, 0.25) is 0 Å². The number of alkyl halides is 3. The van der Waals surface area contributed by atoms with E-state index in [2.05, 4.69) is 10.1 Å². The molecule has 0 heterocycles. The third-order valence-corrected chi connectivity index (χ3v) is 2.51. The lowest BCUT2D eigenvalue weighted by molar-refractivity contribution is -0.175. The molecule has 18 heavy (non-hydrogen) atoms. The number of hydrogen-bond acceptors (Lipinski definition) is 2. The second-order valence-corrected chi connectivity index (χ2v) is 3.97. The minimum atomic E-state index is -4.34. The Bertz CT molecular complexity index is 392. The molecule has 1 N–H and O–H groups in total. The van der Waals surface area contributed by atoms with Crippen molar-refractivity contribution in [3.05, 3.63) is 35.1 Å². The smallest absolute Gasteiger partial charge is 0.370 e. The summed E-state index contributed by atoms with van der Waals surface area (Å²) < 4.78 is 53.4. The van der Waals surface area contributed by atoms with E-state index in [4.69, 9.17) is 0 Å². The Kier molecular flexibility index (Phi) is 5.10. The van der Waals surface area contributed by atoms with E-state index < -0.39 is 18.8 Å². The number of likely N-dealkylation sites (N-methyl/N-ethyl adjacent to an activating group) is 1. The first-order valence-electron chi connectivity index (χ1n) is 5.41. The van der Waals surface area contributed by atoms with E-state index in [0.29, 0.717) is 5.56 Å². The van der Waals surface area contributed by atoms with Gasteiger partial charge in [0.2, 0.25) is 0 Å². The summed E-state index contributed by atoms with van der Waals surface area (Å²) in [5.74, 6) is -0.373. The highest BCUT2D eigenvalue weighted by Crippen LogP contribution is 2.20. The van der Waals surface area contributed by atoms with Crippen LogP contribution in [0.3, 0.4) is 0 Å². The Hall–Kier alpha value is -1.14. The van der Waals surface area contributed by atoms with Crippen LogP contribution in [0.15, 0.2) is 18.2 Å². The summed E-state index contributed by atoms with van der Waals surface area (Å²) in [6.45, 7) is 0.292. The van der Waals surface area contributed by atoms with Gasteiger partial charge in [0, 0.05) is 0 Å². The van der Waals surface area contributed by atoms with Gasteiger partial charge in [-0.2, -0.15) is 13.2 Å². The Morgan fingerprint density at radius 1 is 1.33 bits per heavy atom. The number of halogens is 4. The fourth-order valence-corrected chi connectivity index (χ4v) is 1.65. The third kappa shape index (κ3) is 4.62. The van der Waals surface area contributed by atoms with E-state index in [1.807, 2.05) is 0 Å². The van der Waals surface area contributed by atoms with Gasteiger partial charge in [-0.3, -0.25) is 0 Å². The van der Waals surface area contributed by atoms with E-state index in [0.717, 1.165) is 5.56 Å². The van der Waals surface area contributed by atoms with Crippen molar-refractivity contribution >= 4 is 0 Å². The lowest BCUT2D eigenvalue weighted by Crippen LogP contribution is -2.26. The zero-order valence-corrected chi connectivity index (χ0v) is 10.1. The molecule has 0 radical (unpaired) electrons. The molecule has 1 aromatic carbocycles. The molecule has 2 nitrogen and oxygen atoms in total. The molecule has 0 aliphatic rings. The van der Waals surface area contributed by atoms with Crippen LogP contribution >= 0.6 is 0 Å². The van der Waals surface area contributed by atoms with Crippen molar-refractivity contribution in [3.8, 4) is 0 Å². The fraction of sp³-hybridized carbons (Fsp3) is 0.500. The van der Waals surface area contributed by atoms with Gasteiger partial charge in [-0.05, 0) is 37.2 Å². The van der Waals surface area contributed by atoms with Crippen LogP contribution in [0, 0.1) is 12.7 Å². The van der Waals surface area contributed by atoms with Crippen LogP contribution in [-0.2, 0) is 4.74 Å². The first-order valence-corrected chi connectivity index (χ1v) is 5.41. The third-order valence-electron chi connectivity index (χ3n) is 2.51. The van der Waals surface area contributed by atoms with Crippen molar-refractivity contribution in [1.29, 1.82) is 0 Å². The van der Waals surface area contributed by atoms with E-state index >= 15 is 0 Å². The van der Waals surface area contributed by atoms with Crippen LogP contribution in [0.1, 0.15) is 17.2 Å². The summed E-state index contributed by atoms with van der Waals surface area (Å²) in [5, 5.41) is 2.85.